The molecule has 1 aliphatic carbocycles. The number of nitrogens with one attached hydrogen (secondary N) is 2. The van der Waals surface area contributed by atoms with Crippen LogP contribution in [0, 0.1) is 12.8 Å². The average Bonchev–Trinajstić information content (AvgIpc) is 3.01. The van der Waals surface area contributed by atoms with Crippen LogP contribution in [-0.4, -0.2) is 55.6 Å². The summed E-state index contributed by atoms with van der Waals surface area (Å²) in [6, 6.07) is 0.539. The molecule has 1 aromatic heterocycles. The van der Waals surface area contributed by atoms with Gasteiger partial charge in [0.05, 0.1) is 17.2 Å². The number of aryl methyl sites for hydroxylation is 1. The largest absolute Gasteiger partial charge is 0.357 e. The van der Waals surface area contributed by atoms with Crippen LogP contribution in [0.5, 0.6) is 0 Å². The summed E-state index contributed by atoms with van der Waals surface area (Å²) in [6.45, 7) is 6.79. The smallest absolute Gasteiger partial charge is 0.191 e. The van der Waals surface area contributed by atoms with Gasteiger partial charge in [-0.3, -0.25) is 4.99 Å². The fourth-order valence-corrected chi connectivity index (χ4v) is 4.26. The molecule has 1 fully saturated rings. The van der Waals surface area contributed by atoms with Gasteiger partial charge in [0.2, 0.25) is 0 Å². The van der Waals surface area contributed by atoms with Crippen LogP contribution in [0.2, 0.25) is 0 Å². The molecule has 26 heavy (non-hydrogen) atoms. The third-order valence-electron chi connectivity index (χ3n) is 4.98. The Balaban J connectivity index is 0.00000338. The molecule has 0 aliphatic heterocycles. The first-order valence-corrected chi connectivity index (χ1v) is 10.6. The van der Waals surface area contributed by atoms with Crippen LogP contribution in [0.1, 0.15) is 49.7 Å². The highest BCUT2D eigenvalue weighted by Gasteiger charge is 2.25. The van der Waals surface area contributed by atoms with Crippen LogP contribution < -0.4 is 10.6 Å². The SMILES string of the molecule is CCNC(=NCC(C1CCCCC1)N(C)C)NCCc1csc(C)n1.I. The summed E-state index contributed by atoms with van der Waals surface area (Å²) in [5.74, 6) is 1.71. The van der Waals surface area contributed by atoms with E-state index in [1.54, 1.807) is 11.3 Å². The third-order valence-corrected chi connectivity index (χ3v) is 5.80. The Kier molecular flexibility index (Phi) is 11.7. The minimum Gasteiger partial charge on any atom is -0.357 e. The van der Waals surface area contributed by atoms with Gasteiger partial charge in [-0.15, -0.1) is 35.3 Å². The molecule has 1 saturated carbocycles. The van der Waals surface area contributed by atoms with E-state index in [-0.39, 0.29) is 24.0 Å². The van der Waals surface area contributed by atoms with E-state index < -0.39 is 0 Å². The Bertz CT molecular complexity index is 526. The zero-order valence-corrected chi connectivity index (χ0v) is 19.9. The molecule has 0 bridgehead atoms. The van der Waals surface area contributed by atoms with Crippen molar-refractivity contribution in [2.24, 2.45) is 10.9 Å². The minimum absolute atomic E-state index is 0. The fourth-order valence-electron chi connectivity index (χ4n) is 3.61. The standard InChI is InChI=1S/C19H35N5S.HI/c1-5-20-19(21-12-11-17-14-25-15(2)23-17)22-13-18(24(3)4)16-9-7-6-8-10-16;/h14,16,18H,5-13H2,1-4H3,(H2,20,21,22);1H. The summed E-state index contributed by atoms with van der Waals surface area (Å²) in [6.07, 6.45) is 7.81. The summed E-state index contributed by atoms with van der Waals surface area (Å²) >= 11 is 1.72. The average molecular weight is 494 g/mol. The third kappa shape index (κ3) is 8.08. The summed E-state index contributed by atoms with van der Waals surface area (Å²) < 4.78 is 0. The highest BCUT2D eigenvalue weighted by atomic mass is 127. The first-order chi connectivity index (χ1) is 12.1. The summed E-state index contributed by atoms with van der Waals surface area (Å²) in [5, 5.41) is 10.1. The Morgan fingerprint density at radius 3 is 2.62 bits per heavy atom. The van der Waals surface area contributed by atoms with Crippen molar-refractivity contribution in [3.05, 3.63) is 16.1 Å². The Hall–Kier alpha value is -0.410. The van der Waals surface area contributed by atoms with Crippen molar-refractivity contribution in [2.75, 3.05) is 33.7 Å². The molecule has 7 heteroatoms. The molecule has 0 radical (unpaired) electrons. The molecule has 1 heterocycles. The monoisotopic (exact) mass is 493 g/mol. The normalized spacial score (nSPS) is 17.0. The van der Waals surface area contributed by atoms with E-state index in [2.05, 4.69) is 53.8 Å². The zero-order valence-electron chi connectivity index (χ0n) is 16.8. The van der Waals surface area contributed by atoms with E-state index in [0.717, 1.165) is 42.9 Å². The predicted octanol–water partition coefficient (Wildman–Crippen LogP) is 3.68. The number of guanidine groups is 1. The molecule has 2 N–H and O–H groups in total. The Morgan fingerprint density at radius 1 is 1.31 bits per heavy atom. The van der Waals surface area contributed by atoms with Crippen molar-refractivity contribution < 1.29 is 0 Å². The molecule has 5 nitrogen and oxygen atoms in total. The summed E-state index contributed by atoms with van der Waals surface area (Å²) in [4.78, 5) is 11.8. The van der Waals surface area contributed by atoms with Gasteiger partial charge in [-0.25, -0.2) is 4.98 Å². The van der Waals surface area contributed by atoms with Gasteiger partial charge in [-0.2, -0.15) is 0 Å². The predicted molar refractivity (Wildman–Crippen MR) is 124 cm³/mol. The lowest BCUT2D eigenvalue weighted by molar-refractivity contribution is 0.176. The second kappa shape index (κ2) is 12.9. The van der Waals surface area contributed by atoms with Gasteiger partial charge in [0, 0.05) is 30.9 Å². The topological polar surface area (TPSA) is 52.6 Å². The number of thiazole rings is 1. The molecule has 150 valence electrons. The minimum atomic E-state index is 0. The lowest BCUT2D eigenvalue weighted by Gasteiger charge is -2.34. The Morgan fingerprint density at radius 2 is 2.04 bits per heavy atom. The maximum Gasteiger partial charge on any atom is 0.191 e. The lowest BCUT2D eigenvalue weighted by Crippen LogP contribution is -2.42. The second-order valence-electron chi connectivity index (χ2n) is 7.18. The molecule has 1 unspecified atom stereocenters. The number of likely N-dealkylation sites (N-methyl/N-ethyl adjacent to an activating group) is 1. The highest BCUT2D eigenvalue weighted by Crippen LogP contribution is 2.28. The summed E-state index contributed by atoms with van der Waals surface area (Å²) in [7, 11) is 4.39. The van der Waals surface area contributed by atoms with Gasteiger partial charge in [-0.1, -0.05) is 19.3 Å². The number of nitrogens with zero attached hydrogens (tertiary/aromatic N) is 3. The van der Waals surface area contributed by atoms with Crippen molar-refractivity contribution in [1.82, 2.24) is 20.5 Å². The van der Waals surface area contributed by atoms with Crippen molar-refractivity contribution in [2.45, 2.75) is 58.4 Å². The summed E-state index contributed by atoms with van der Waals surface area (Å²) in [5.41, 5.74) is 1.17. The van der Waals surface area contributed by atoms with Gasteiger partial charge >= 0.3 is 0 Å². The molecule has 0 amide bonds. The molecule has 1 aliphatic rings. The van der Waals surface area contributed by atoms with E-state index >= 15 is 0 Å². The Labute approximate surface area is 180 Å². The molecular formula is C19H36IN5S. The number of hydrogen-bond donors (Lipinski definition) is 2. The molecule has 0 saturated heterocycles. The van der Waals surface area contributed by atoms with Gasteiger partial charge in [0.15, 0.2) is 5.96 Å². The maximum absolute atomic E-state index is 4.88. The first-order valence-electron chi connectivity index (χ1n) is 9.69. The molecule has 1 atom stereocenters. The van der Waals surface area contributed by atoms with E-state index in [9.17, 15) is 0 Å². The number of rotatable bonds is 8. The zero-order chi connectivity index (χ0) is 18.1. The van der Waals surface area contributed by atoms with Crippen molar-refractivity contribution in [3.8, 4) is 0 Å². The molecule has 2 rings (SSSR count). The van der Waals surface area contributed by atoms with E-state index in [0.29, 0.717) is 6.04 Å². The van der Waals surface area contributed by atoms with Crippen LogP contribution in [0.4, 0.5) is 0 Å². The van der Waals surface area contributed by atoms with E-state index in [1.807, 2.05) is 0 Å². The lowest BCUT2D eigenvalue weighted by atomic mass is 9.83. The molecule has 0 spiro atoms. The number of halogens is 1. The van der Waals surface area contributed by atoms with Crippen molar-refractivity contribution >= 4 is 41.3 Å². The van der Waals surface area contributed by atoms with Crippen LogP contribution >= 0.6 is 35.3 Å². The maximum atomic E-state index is 4.88. The van der Waals surface area contributed by atoms with Crippen molar-refractivity contribution in [3.63, 3.8) is 0 Å². The van der Waals surface area contributed by atoms with Crippen LogP contribution in [0.15, 0.2) is 10.4 Å². The van der Waals surface area contributed by atoms with Crippen molar-refractivity contribution in [1.29, 1.82) is 0 Å². The van der Waals surface area contributed by atoms with Gasteiger partial charge < -0.3 is 15.5 Å². The number of hydrogen-bond acceptors (Lipinski definition) is 4. The fraction of sp³-hybridized carbons (Fsp3) is 0.789. The molecular weight excluding hydrogens is 457 g/mol. The first kappa shape index (κ1) is 23.6. The molecule has 0 aromatic carbocycles. The highest BCUT2D eigenvalue weighted by molar-refractivity contribution is 14.0. The van der Waals surface area contributed by atoms with Crippen LogP contribution in [-0.2, 0) is 6.42 Å². The molecule has 1 aromatic rings. The second-order valence-corrected chi connectivity index (χ2v) is 8.25. The number of aromatic nitrogens is 1. The van der Waals surface area contributed by atoms with E-state index in [4.69, 9.17) is 4.99 Å². The van der Waals surface area contributed by atoms with E-state index in [1.165, 1.54) is 37.8 Å². The number of aliphatic imine (C=N–C) groups is 1. The van der Waals surface area contributed by atoms with Gasteiger partial charge in [-0.05, 0) is 46.7 Å². The van der Waals surface area contributed by atoms with Crippen LogP contribution in [0.25, 0.3) is 0 Å². The van der Waals surface area contributed by atoms with Gasteiger partial charge in [0.25, 0.3) is 0 Å². The van der Waals surface area contributed by atoms with Gasteiger partial charge in [0.1, 0.15) is 0 Å². The quantitative estimate of drug-likeness (QED) is 0.330. The van der Waals surface area contributed by atoms with Crippen LogP contribution in [0.3, 0.4) is 0 Å².